The lowest BCUT2D eigenvalue weighted by Gasteiger charge is -2.04. The molecular formula is C11H16N2O2. The predicted octanol–water partition coefficient (Wildman–Crippen LogP) is 1.70. The monoisotopic (exact) mass is 208 g/mol. The van der Waals surface area contributed by atoms with Crippen molar-refractivity contribution < 1.29 is 9.90 Å². The third-order valence-corrected chi connectivity index (χ3v) is 2.53. The number of nitrogens with zero attached hydrogens (tertiary/aromatic N) is 2. The van der Waals surface area contributed by atoms with Gasteiger partial charge >= 0.3 is 5.97 Å². The average Bonchev–Trinajstić information content (AvgIpc) is 2.41. The number of carboxylic acid groups (broad SMARTS) is 1. The molecule has 0 aliphatic rings. The second-order valence-corrected chi connectivity index (χ2v) is 3.57. The van der Waals surface area contributed by atoms with E-state index in [0.717, 1.165) is 17.8 Å². The highest BCUT2D eigenvalue weighted by Crippen LogP contribution is 2.14. The Labute approximate surface area is 89.2 Å². The molecule has 1 aromatic heterocycles. The summed E-state index contributed by atoms with van der Waals surface area (Å²) in [6.07, 6.45) is 0.914. The van der Waals surface area contributed by atoms with Crippen molar-refractivity contribution in [2.45, 2.75) is 33.7 Å². The van der Waals surface area contributed by atoms with Crippen LogP contribution in [0, 0.1) is 13.8 Å². The fraction of sp³-hybridized carbons (Fsp3) is 0.455. The summed E-state index contributed by atoms with van der Waals surface area (Å²) >= 11 is 0. The first-order chi connectivity index (χ1) is 6.97. The Bertz CT molecular complexity index is 405. The van der Waals surface area contributed by atoms with E-state index in [-0.39, 0.29) is 12.1 Å². The lowest BCUT2D eigenvalue weighted by Crippen LogP contribution is -2.10. The summed E-state index contributed by atoms with van der Waals surface area (Å²) in [4.78, 5) is 10.6. The molecule has 0 bridgehead atoms. The lowest BCUT2D eigenvalue weighted by atomic mass is 10.1. The van der Waals surface area contributed by atoms with Crippen LogP contribution < -0.4 is 0 Å². The summed E-state index contributed by atoms with van der Waals surface area (Å²) in [5, 5.41) is 13.0. The molecule has 4 heteroatoms. The van der Waals surface area contributed by atoms with Gasteiger partial charge in [-0.15, -0.1) is 0 Å². The van der Waals surface area contributed by atoms with Gasteiger partial charge in [0, 0.05) is 5.69 Å². The first-order valence-corrected chi connectivity index (χ1v) is 4.91. The number of hydrogen-bond acceptors (Lipinski definition) is 2. The summed E-state index contributed by atoms with van der Waals surface area (Å²) in [7, 11) is 0. The highest BCUT2D eigenvalue weighted by atomic mass is 16.4. The molecule has 1 rings (SSSR count). The fourth-order valence-electron chi connectivity index (χ4n) is 1.65. The van der Waals surface area contributed by atoms with Crippen LogP contribution in [0.1, 0.15) is 23.9 Å². The molecule has 82 valence electrons. The molecule has 0 atom stereocenters. The van der Waals surface area contributed by atoms with E-state index in [2.05, 4.69) is 18.6 Å². The van der Waals surface area contributed by atoms with Crippen molar-refractivity contribution in [1.82, 2.24) is 9.78 Å². The molecule has 0 saturated heterocycles. The van der Waals surface area contributed by atoms with Crippen molar-refractivity contribution in [3.05, 3.63) is 29.1 Å². The topological polar surface area (TPSA) is 55.1 Å². The van der Waals surface area contributed by atoms with E-state index in [0.29, 0.717) is 0 Å². The number of rotatable bonds is 4. The molecule has 0 aliphatic carbocycles. The quantitative estimate of drug-likeness (QED) is 0.766. The lowest BCUT2D eigenvalue weighted by molar-refractivity contribution is -0.132. The Morgan fingerprint density at radius 1 is 1.53 bits per heavy atom. The van der Waals surface area contributed by atoms with Crippen molar-refractivity contribution in [1.29, 1.82) is 0 Å². The van der Waals surface area contributed by atoms with Crippen LogP contribution in [0.25, 0.3) is 0 Å². The normalized spacial score (nSPS) is 10.3. The van der Waals surface area contributed by atoms with E-state index >= 15 is 0 Å². The first-order valence-electron chi connectivity index (χ1n) is 4.91. The van der Waals surface area contributed by atoms with E-state index in [1.165, 1.54) is 5.56 Å². The maximum absolute atomic E-state index is 10.6. The standard InChI is InChI=1S/C11H16N2O2/c1-5-10-8(3)12-13(9(10)4)6-7(2)11(14)15/h2,5-6H2,1,3-4H3,(H,14,15). The van der Waals surface area contributed by atoms with E-state index in [1.54, 1.807) is 4.68 Å². The van der Waals surface area contributed by atoms with Gasteiger partial charge in [0.1, 0.15) is 0 Å². The van der Waals surface area contributed by atoms with Gasteiger partial charge in [0.05, 0.1) is 17.8 Å². The van der Waals surface area contributed by atoms with Crippen molar-refractivity contribution in [2.24, 2.45) is 0 Å². The van der Waals surface area contributed by atoms with Crippen LogP contribution in [0.5, 0.6) is 0 Å². The molecule has 0 spiro atoms. The van der Waals surface area contributed by atoms with Crippen molar-refractivity contribution in [3.8, 4) is 0 Å². The Kier molecular flexibility index (Phi) is 3.29. The van der Waals surface area contributed by atoms with Crippen LogP contribution in [0.3, 0.4) is 0 Å². The second-order valence-electron chi connectivity index (χ2n) is 3.57. The van der Waals surface area contributed by atoms with Crippen molar-refractivity contribution in [3.63, 3.8) is 0 Å². The molecule has 4 nitrogen and oxygen atoms in total. The molecule has 0 radical (unpaired) electrons. The molecule has 0 amide bonds. The molecular weight excluding hydrogens is 192 g/mol. The zero-order valence-corrected chi connectivity index (χ0v) is 9.37. The predicted molar refractivity (Wildman–Crippen MR) is 57.9 cm³/mol. The van der Waals surface area contributed by atoms with Gasteiger partial charge in [-0.25, -0.2) is 4.79 Å². The Morgan fingerprint density at radius 3 is 2.53 bits per heavy atom. The van der Waals surface area contributed by atoms with E-state index < -0.39 is 5.97 Å². The van der Waals surface area contributed by atoms with Crippen LogP contribution in [0.2, 0.25) is 0 Å². The van der Waals surface area contributed by atoms with Gasteiger partial charge in [0.15, 0.2) is 0 Å². The number of carboxylic acids is 1. The number of carbonyl (C=O) groups is 1. The van der Waals surface area contributed by atoms with Crippen LogP contribution in [-0.2, 0) is 17.8 Å². The molecule has 0 aromatic carbocycles. The summed E-state index contributed by atoms with van der Waals surface area (Å²) in [5.41, 5.74) is 3.34. The molecule has 0 aliphatic heterocycles. The van der Waals surface area contributed by atoms with Gasteiger partial charge in [-0.3, -0.25) is 4.68 Å². The number of aliphatic carboxylic acids is 1. The number of aryl methyl sites for hydroxylation is 1. The van der Waals surface area contributed by atoms with Crippen molar-refractivity contribution >= 4 is 5.97 Å². The van der Waals surface area contributed by atoms with Gasteiger partial charge in [-0.1, -0.05) is 13.5 Å². The molecule has 1 N–H and O–H groups in total. The zero-order chi connectivity index (χ0) is 11.6. The van der Waals surface area contributed by atoms with Gasteiger partial charge in [-0.2, -0.15) is 5.10 Å². The number of hydrogen-bond donors (Lipinski definition) is 1. The van der Waals surface area contributed by atoms with Gasteiger partial charge in [0.2, 0.25) is 0 Å². The van der Waals surface area contributed by atoms with Crippen molar-refractivity contribution in [2.75, 3.05) is 0 Å². The molecule has 1 aromatic rings. The molecule has 0 fully saturated rings. The van der Waals surface area contributed by atoms with Crippen LogP contribution in [-0.4, -0.2) is 20.9 Å². The van der Waals surface area contributed by atoms with Crippen LogP contribution in [0.15, 0.2) is 12.2 Å². The third-order valence-electron chi connectivity index (χ3n) is 2.53. The maximum Gasteiger partial charge on any atom is 0.332 e. The van der Waals surface area contributed by atoms with Crippen LogP contribution in [0.4, 0.5) is 0 Å². The van der Waals surface area contributed by atoms with E-state index in [1.807, 2.05) is 13.8 Å². The van der Waals surface area contributed by atoms with E-state index in [9.17, 15) is 4.79 Å². The third kappa shape index (κ3) is 2.26. The van der Waals surface area contributed by atoms with Gasteiger partial charge in [0.25, 0.3) is 0 Å². The SMILES string of the molecule is C=C(Cn1nc(C)c(CC)c1C)C(=O)O. The Hall–Kier alpha value is -1.58. The fourth-order valence-corrected chi connectivity index (χ4v) is 1.65. The average molecular weight is 208 g/mol. The van der Waals surface area contributed by atoms with Crippen LogP contribution >= 0.6 is 0 Å². The largest absolute Gasteiger partial charge is 0.478 e. The minimum absolute atomic E-state index is 0.156. The van der Waals surface area contributed by atoms with Gasteiger partial charge in [-0.05, 0) is 25.8 Å². The minimum atomic E-state index is -0.972. The Morgan fingerprint density at radius 2 is 2.13 bits per heavy atom. The highest BCUT2D eigenvalue weighted by Gasteiger charge is 2.12. The second kappa shape index (κ2) is 4.29. The van der Waals surface area contributed by atoms with E-state index in [4.69, 9.17) is 5.11 Å². The molecule has 15 heavy (non-hydrogen) atoms. The molecule has 0 saturated carbocycles. The summed E-state index contributed by atoms with van der Waals surface area (Å²) < 4.78 is 1.70. The minimum Gasteiger partial charge on any atom is -0.478 e. The smallest absolute Gasteiger partial charge is 0.332 e. The summed E-state index contributed by atoms with van der Waals surface area (Å²) in [6.45, 7) is 9.70. The molecule has 1 heterocycles. The Balaban J connectivity index is 2.97. The first kappa shape index (κ1) is 11.5. The summed E-state index contributed by atoms with van der Waals surface area (Å²) in [5.74, 6) is -0.972. The highest BCUT2D eigenvalue weighted by molar-refractivity contribution is 5.85. The zero-order valence-electron chi connectivity index (χ0n) is 9.37. The van der Waals surface area contributed by atoms with Gasteiger partial charge < -0.3 is 5.11 Å². The number of aromatic nitrogens is 2. The maximum atomic E-state index is 10.6. The summed E-state index contributed by atoms with van der Waals surface area (Å²) in [6, 6.07) is 0. The molecule has 0 unspecified atom stereocenters.